The highest BCUT2D eigenvalue weighted by molar-refractivity contribution is 9.10. The van der Waals surface area contributed by atoms with Gasteiger partial charge in [-0.05, 0) is 28.9 Å². The lowest BCUT2D eigenvalue weighted by Crippen LogP contribution is -1.73. The maximum atomic E-state index is 4.06. The van der Waals surface area contributed by atoms with Crippen molar-refractivity contribution in [3.8, 4) is 0 Å². The van der Waals surface area contributed by atoms with Crippen LogP contribution < -0.4 is 0 Å². The second kappa shape index (κ2) is 2.34. The summed E-state index contributed by atoms with van der Waals surface area (Å²) in [5, 5.41) is 1.15. The molecule has 0 atom stereocenters. The second-order valence-corrected chi connectivity index (χ2v) is 3.39. The summed E-state index contributed by atoms with van der Waals surface area (Å²) in [6, 6.07) is 2.08. The Bertz CT molecular complexity index is 392. The van der Waals surface area contributed by atoms with E-state index in [2.05, 4.69) is 32.0 Å². The van der Waals surface area contributed by atoms with E-state index in [4.69, 9.17) is 0 Å². The standard InChI is InChI=1S/C8H7BrN2/c1-5-2-6-3-10-4-7(9)8(6)11-5/h2-4,11H,1H3. The van der Waals surface area contributed by atoms with Crippen LogP contribution in [0.2, 0.25) is 0 Å². The third-order valence-electron chi connectivity index (χ3n) is 1.62. The summed E-state index contributed by atoms with van der Waals surface area (Å²) in [7, 11) is 0. The van der Waals surface area contributed by atoms with Gasteiger partial charge in [-0.15, -0.1) is 0 Å². The molecule has 11 heavy (non-hydrogen) atoms. The van der Waals surface area contributed by atoms with Crippen LogP contribution in [-0.2, 0) is 0 Å². The van der Waals surface area contributed by atoms with Crippen molar-refractivity contribution in [1.82, 2.24) is 9.97 Å². The largest absolute Gasteiger partial charge is 0.358 e. The van der Waals surface area contributed by atoms with E-state index in [0.29, 0.717) is 0 Å². The normalized spacial score (nSPS) is 10.7. The minimum atomic E-state index is 1.02. The summed E-state index contributed by atoms with van der Waals surface area (Å²) in [5.74, 6) is 0. The van der Waals surface area contributed by atoms with Gasteiger partial charge in [-0.1, -0.05) is 0 Å². The van der Waals surface area contributed by atoms with Gasteiger partial charge in [-0.2, -0.15) is 0 Å². The van der Waals surface area contributed by atoms with Gasteiger partial charge < -0.3 is 4.98 Å². The smallest absolute Gasteiger partial charge is 0.0631 e. The molecule has 2 heterocycles. The number of nitrogens with one attached hydrogen (secondary N) is 1. The van der Waals surface area contributed by atoms with Gasteiger partial charge in [0.2, 0.25) is 0 Å². The van der Waals surface area contributed by atoms with Gasteiger partial charge in [0.1, 0.15) is 0 Å². The van der Waals surface area contributed by atoms with E-state index >= 15 is 0 Å². The van der Waals surface area contributed by atoms with Gasteiger partial charge in [0.15, 0.2) is 0 Å². The van der Waals surface area contributed by atoms with Crippen molar-refractivity contribution in [1.29, 1.82) is 0 Å². The highest BCUT2D eigenvalue weighted by Crippen LogP contribution is 2.21. The Kier molecular flexibility index (Phi) is 1.46. The second-order valence-electron chi connectivity index (χ2n) is 2.54. The van der Waals surface area contributed by atoms with Crippen LogP contribution >= 0.6 is 15.9 Å². The van der Waals surface area contributed by atoms with Crippen LogP contribution in [0.15, 0.2) is 22.9 Å². The molecule has 0 aliphatic rings. The molecule has 0 bridgehead atoms. The van der Waals surface area contributed by atoms with Crippen molar-refractivity contribution in [2.45, 2.75) is 6.92 Å². The molecule has 2 aromatic heterocycles. The van der Waals surface area contributed by atoms with Crippen molar-refractivity contribution >= 4 is 26.8 Å². The molecule has 0 saturated heterocycles. The molecule has 0 fully saturated rings. The monoisotopic (exact) mass is 210 g/mol. The molecule has 2 aromatic rings. The molecular weight excluding hydrogens is 204 g/mol. The first-order valence-electron chi connectivity index (χ1n) is 3.36. The fraction of sp³-hybridized carbons (Fsp3) is 0.125. The van der Waals surface area contributed by atoms with Crippen molar-refractivity contribution < 1.29 is 0 Å². The Hall–Kier alpha value is -0.830. The van der Waals surface area contributed by atoms with E-state index in [1.54, 1.807) is 6.20 Å². The summed E-state index contributed by atoms with van der Waals surface area (Å²) < 4.78 is 1.02. The van der Waals surface area contributed by atoms with E-state index in [1.165, 1.54) is 0 Å². The number of nitrogens with zero attached hydrogens (tertiary/aromatic N) is 1. The molecule has 0 radical (unpaired) electrons. The average molecular weight is 211 g/mol. The van der Waals surface area contributed by atoms with E-state index < -0.39 is 0 Å². The number of rotatable bonds is 0. The first-order valence-corrected chi connectivity index (χ1v) is 4.15. The van der Waals surface area contributed by atoms with Crippen molar-refractivity contribution in [2.24, 2.45) is 0 Å². The van der Waals surface area contributed by atoms with Crippen molar-refractivity contribution in [3.63, 3.8) is 0 Å². The van der Waals surface area contributed by atoms with Crippen LogP contribution in [0.1, 0.15) is 5.69 Å². The molecule has 0 amide bonds. The molecule has 0 aliphatic carbocycles. The first kappa shape index (κ1) is 6.85. The Labute approximate surface area is 72.8 Å². The third-order valence-corrected chi connectivity index (χ3v) is 2.22. The summed E-state index contributed by atoms with van der Waals surface area (Å²) in [4.78, 5) is 7.30. The summed E-state index contributed by atoms with van der Waals surface area (Å²) >= 11 is 3.42. The van der Waals surface area contributed by atoms with Crippen LogP contribution in [-0.4, -0.2) is 9.97 Å². The molecule has 2 nitrogen and oxygen atoms in total. The lowest BCUT2D eigenvalue weighted by Gasteiger charge is -1.90. The molecule has 3 heteroatoms. The Balaban J connectivity index is 2.90. The molecular formula is C8H7BrN2. The van der Waals surface area contributed by atoms with E-state index in [9.17, 15) is 0 Å². The summed E-state index contributed by atoms with van der Waals surface area (Å²) in [5.41, 5.74) is 2.28. The Morgan fingerprint density at radius 1 is 1.45 bits per heavy atom. The fourth-order valence-corrected chi connectivity index (χ4v) is 1.60. The fourth-order valence-electron chi connectivity index (χ4n) is 1.16. The molecule has 0 spiro atoms. The van der Waals surface area contributed by atoms with E-state index in [1.807, 2.05) is 13.1 Å². The zero-order chi connectivity index (χ0) is 7.84. The van der Waals surface area contributed by atoms with Crippen molar-refractivity contribution in [2.75, 3.05) is 0 Å². The average Bonchev–Trinajstić information content (AvgIpc) is 2.31. The topological polar surface area (TPSA) is 28.7 Å². The number of hydrogen-bond donors (Lipinski definition) is 1. The van der Waals surface area contributed by atoms with Crippen LogP contribution in [0.3, 0.4) is 0 Å². The number of aromatic amines is 1. The van der Waals surface area contributed by atoms with Crippen LogP contribution in [0.5, 0.6) is 0 Å². The number of pyridine rings is 1. The SMILES string of the molecule is Cc1cc2cncc(Br)c2[nH]1. The van der Waals surface area contributed by atoms with Gasteiger partial charge >= 0.3 is 0 Å². The molecule has 56 valence electrons. The highest BCUT2D eigenvalue weighted by atomic mass is 79.9. The molecule has 1 N–H and O–H groups in total. The van der Waals surface area contributed by atoms with Crippen LogP contribution in [0.25, 0.3) is 10.9 Å². The van der Waals surface area contributed by atoms with Gasteiger partial charge in [0.05, 0.1) is 9.99 Å². The quantitative estimate of drug-likeness (QED) is 0.712. The zero-order valence-electron chi connectivity index (χ0n) is 6.06. The van der Waals surface area contributed by atoms with Gasteiger partial charge in [0.25, 0.3) is 0 Å². The summed E-state index contributed by atoms with van der Waals surface area (Å²) in [6.45, 7) is 2.03. The van der Waals surface area contributed by atoms with Gasteiger partial charge in [0, 0.05) is 23.5 Å². The maximum absolute atomic E-state index is 4.06. The number of hydrogen-bond acceptors (Lipinski definition) is 1. The molecule has 0 aliphatic heterocycles. The highest BCUT2D eigenvalue weighted by Gasteiger charge is 1.99. The van der Waals surface area contributed by atoms with E-state index in [0.717, 1.165) is 21.1 Å². The molecule has 0 aromatic carbocycles. The predicted octanol–water partition coefficient (Wildman–Crippen LogP) is 2.63. The molecule has 2 rings (SSSR count). The lowest BCUT2D eigenvalue weighted by molar-refractivity contribution is 1.29. The minimum Gasteiger partial charge on any atom is -0.358 e. The Morgan fingerprint density at radius 3 is 3.00 bits per heavy atom. The van der Waals surface area contributed by atoms with Gasteiger partial charge in [-0.25, -0.2) is 0 Å². The first-order chi connectivity index (χ1) is 5.27. The summed E-state index contributed by atoms with van der Waals surface area (Å²) in [6.07, 6.45) is 3.64. The van der Waals surface area contributed by atoms with Crippen molar-refractivity contribution in [3.05, 3.63) is 28.6 Å². The lowest BCUT2D eigenvalue weighted by atomic mass is 10.3. The maximum Gasteiger partial charge on any atom is 0.0631 e. The number of fused-ring (bicyclic) bond motifs is 1. The minimum absolute atomic E-state index is 1.02. The number of aryl methyl sites for hydroxylation is 1. The Morgan fingerprint density at radius 2 is 2.27 bits per heavy atom. The zero-order valence-corrected chi connectivity index (χ0v) is 7.64. The third kappa shape index (κ3) is 1.05. The van der Waals surface area contributed by atoms with Gasteiger partial charge in [-0.3, -0.25) is 4.98 Å². The molecule has 0 unspecified atom stereocenters. The van der Waals surface area contributed by atoms with Crippen LogP contribution in [0.4, 0.5) is 0 Å². The number of H-pyrrole nitrogens is 1. The number of aromatic nitrogens is 2. The van der Waals surface area contributed by atoms with Crippen LogP contribution in [0, 0.1) is 6.92 Å². The van der Waals surface area contributed by atoms with E-state index in [-0.39, 0.29) is 0 Å². The molecule has 0 saturated carbocycles. The number of halogens is 1. The predicted molar refractivity (Wildman–Crippen MR) is 48.5 cm³/mol.